The predicted molar refractivity (Wildman–Crippen MR) is 44.6 cm³/mol. The van der Waals surface area contributed by atoms with Gasteiger partial charge in [-0.15, -0.1) is 0 Å². The number of hydrogen-bond donors (Lipinski definition) is 1. The molecule has 1 heteroatoms. The lowest BCUT2D eigenvalue weighted by Gasteiger charge is -2.14. The summed E-state index contributed by atoms with van der Waals surface area (Å²) in [7, 11) is 0. The zero-order valence-corrected chi connectivity index (χ0v) is 6.60. The maximum Gasteiger partial charge on any atom is -0.00167 e. The summed E-state index contributed by atoms with van der Waals surface area (Å²) in [6.45, 7) is 0. The van der Waals surface area contributed by atoms with Crippen molar-refractivity contribution < 1.29 is 0 Å². The molecule has 1 fully saturated rings. The molecular formula is C9H17N. The van der Waals surface area contributed by atoms with Crippen molar-refractivity contribution in [2.45, 2.75) is 44.9 Å². The summed E-state index contributed by atoms with van der Waals surface area (Å²) in [5.41, 5.74) is 0. The third-order valence-electron chi connectivity index (χ3n) is 2.39. The Morgan fingerprint density at radius 1 is 0.900 bits per heavy atom. The van der Waals surface area contributed by atoms with Crippen molar-refractivity contribution in [1.29, 1.82) is 5.41 Å². The van der Waals surface area contributed by atoms with Crippen molar-refractivity contribution in [3.8, 4) is 0 Å². The second-order valence-corrected chi connectivity index (χ2v) is 3.27. The first-order valence-corrected chi connectivity index (χ1v) is 4.44. The molecule has 10 heavy (non-hydrogen) atoms. The predicted octanol–water partition coefficient (Wildman–Crippen LogP) is 3.00. The molecule has 0 saturated heterocycles. The molecule has 0 unspecified atom stereocenters. The van der Waals surface area contributed by atoms with Gasteiger partial charge in [-0.05, 0) is 25.0 Å². The lowest BCUT2D eigenvalue weighted by Crippen LogP contribution is -2.03. The van der Waals surface area contributed by atoms with Crippen molar-refractivity contribution in [2.75, 3.05) is 0 Å². The molecule has 1 nitrogen and oxygen atoms in total. The number of nitrogens with one attached hydrogen (secondary N) is 1. The molecule has 0 aromatic heterocycles. The fourth-order valence-electron chi connectivity index (χ4n) is 1.65. The lowest BCUT2D eigenvalue weighted by atomic mass is 9.92. The molecule has 0 amide bonds. The van der Waals surface area contributed by atoms with Gasteiger partial charge in [0.05, 0.1) is 0 Å². The SMILES string of the molecule is N=CC1CCCCCCC1. The lowest BCUT2D eigenvalue weighted by molar-refractivity contribution is 0.456. The van der Waals surface area contributed by atoms with Crippen LogP contribution in [0.5, 0.6) is 0 Å². The largest absolute Gasteiger partial charge is 0.313 e. The molecule has 58 valence electrons. The van der Waals surface area contributed by atoms with E-state index in [4.69, 9.17) is 5.41 Å². The molecular weight excluding hydrogens is 122 g/mol. The smallest absolute Gasteiger partial charge is 0.00167 e. The standard InChI is InChI=1S/C9H17N/c10-8-9-6-4-2-1-3-5-7-9/h8-10H,1-7H2. The molecule has 1 rings (SSSR count). The quantitative estimate of drug-likeness (QED) is 0.540. The van der Waals surface area contributed by atoms with Gasteiger partial charge in [0.25, 0.3) is 0 Å². The fourth-order valence-corrected chi connectivity index (χ4v) is 1.65. The van der Waals surface area contributed by atoms with Crippen LogP contribution in [-0.4, -0.2) is 6.21 Å². The van der Waals surface area contributed by atoms with E-state index >= 15 is 0 Å². The number of hydrogen-bond acceptors (Lipinski definition) is 1. The summed E-state index contributed by atoms with van der Waals surface area (Å²) in [4.78, 5) is 0. The minimum Gasteiger partial charge on any atom is -0.313 e. The highest BCUT2D eigenvalue weighted by Crippen LogP contribution is 2.20. The van der Waals surface area contributed by atoms with Crippen molar-refractivity contribution in [1.82, 2.24) is 0 Å². The van der Waals surface area contributed by atoms with E-state index in [1.165, 1.54) is 44.9 Å². The fraction of sp³-hybridized carbons (Fsp3) is 0.889. The molecule has 0 radical (unpaired) electrons. The maximum absolute atomic E-state index is 7.14. The molecule has 0 heterocycles. The summed E-state index contributed by atoms with van der Waals surface area (Å²) in [5, 5.41) is 7.14. The molecule has 1 N–H and O–H groups in total. The molecule has 0 aromatic rings. The first kappa shape index (κ1) is 7.77. The third-order valence-corrected chi connectivity index (χ3v) is 2.39. The number of rotatable bonds is 1. The van der Waals surface area contributed by atoms with Gasteiger partial charge < -0.3 is 5.41 Å². The molecule has 0 spiro atoms. The van der Waals surface area contributed by atoms with E-state index in [1.54, 1.807) is 6.21 Å². The highest BCUT2D eigenvalue weighted by Gasteiger charge is 2.07. The maximum atomic E-state index is 7.14. The van der Waals surface area contributed by atoms with E-state index in [9.17, 15) is 0 Å². The van der Waals surface area contributed by atoms with Crippen LogP contribution < -0.4 is 0 Å². The monoisotopic (exact) mass is 139 g/mol. The van der Waals surface area contributed by atoms with Crippen LogP contribution in [0.25, 0.3) is 0 Å². The van der Waals surface area contributed by atoms with E-state index in [2.05, 4.69) is 0 Å². The Morgan fingerprint density at radius 3 is 1.90 bits per heavy atom. The second kappa shape index (κ2) is 4.48. The average molecular weight is 139 g/mol. The zero-order chi connectivity index (χ0) is 7.23. The van der Waals surface area contributed by atoms with Crippen LogP contribution in [-0.2, 0) is 0 Å². The van der Waals surface area contributed by atoms with E-state index in [-0.39, 0.29) is 0 Å². The topological polar surface area (TPSA) is 23.9 Å². The molecule has 0 aromatic carbocycles. The van der Waals surface area contributed by atoms with E-state index < -0.39 is 0 Å². The van der Waals surface area contributed by atoms with Crippen molar-refractivity contribution in [2.24, 2.45) is 5.92 Å². The van der Waals surface area contributed by atoms with Gasteiger partial charge in [-0.1, -0.05) is 32.1 Å². The average Bonchev–Trinajstić information content (AvgIpc) is 1.87. The van der Waals surface area contributed by atoms with E-state index in [0.717, 1.165) is 0 Å². The summed E-state index contributed by atoms with van der Waals surface area (Å²) < 4.78 is 0. The first-order chi connectivity index (χ1) is 4.93. The van der Waals surface area contributed by atoms with Crippen molar-refractivity contribution in [3.05, 3.63) is 0 Å². The molecule has 1 saturated carbocycles. The first-order valence-electron chi connectivity index (χ1n) is 4.44. The summed E-state index contributed by atoms with van der Waals surface area (Å²) in [6, 6.07) is 0. The van der Waals surface area contributed by atoms with Gasteiger partial charge in [0.2, 0.25) is 0 Å². The van der Waals surface area contributed by atoms with Crippen LogP contribution in [0.1, 0.15) is 44.9 Å². The van der Waals surface area contributed by atoms with Crippen LogP contribution in [0.15, 0.2) is 0 Å². The van der Waals surface area contributed by atoms with Gasteiger partial charge in [-0.2, -0.15) is 0 Å². The van der Waals surface area contributed by atoms with Crippen LogP contribution in [0, 0.1) is 11.3 Å². The summed E-state index contributed by atoms with van der Waals surface area (Å²) in [6.07, 6.45) is 11.1. The Balaban J connectivity index is 2.22. The molecule has 0 atom stereocenters. The highest BCUT2D eigenvalue weighted by molar-refractivity contribution is 5.56. The van der Waals surface area contributed by atoms with Crippen LogP contribution in [0.3, 0.4) is 0 Å². The minimum atomic E-state index is 0.611. The molecule has 1 aliphatic carbocycles. The van der Waals surface area contributed by atoms with Crippen LogP contribution >= 0.6 is 0 Å². The Kier molecular flexibility index (Phi) is 3.48. The van der Waals surface area contributed by atoms with Gasteiger partial charge in [0.15, 0.2) is 0 Å². The Labute approximate surface area is 63.3 Å². The van der Waals surface area contributed by atoms with Crippen LogP contribution in [0.2, 0.25) is 0 Å². The minimum absolute atomic E-state index is 0.611. The zero-order valence-electron chi connectivity index (χ0n) is 6.60. The van der Waals surface area contributed by atoms with Crippen molar-refractivity contribution >= 4 is 6.21 Å². The van der Waals surface area contributed by atoms with E-state index in [1.807, 2.05) is 0 Å². The summed E-state index contributed by atoms with van der Waals surface area (Å²) in [5.74, 6) is 0.611. The van der Waals surface area contributed by atoms with Crippen LogP contribution in [0.4, 0.5) is 0 Å². The Hall–Kier alpha value is -0.330. The van der Waals surface area contributed by atoms with Gasteiger partial charge in [-0.3, -0.25) is 0 Å². The molecule has 0 bridgehead atoms. The molecule has 0 aliphatic heterocycles. The molecule has 1 aliphatic rings. The van der Waals surface area contributed by atoms with E-state index in [0.29, 0.717) is 5.92 Å². The highest BCUT2D eigenvalue weighted by atomic mass is 14.3. The van der Waals surface area contributed by atoms with Gasteiger partial charge in [0.1, 0.15) is 0 Å². The van der Waals surface area contributed by atoms with Gasteiger partial charge in [0, 0.05) is 0 Å². The Morgan fingerprint density at radius 2 is 1.40 bits per heavy atom. The van der Waals surface area contributed by atoms with Gasteiger partial charge in [-0.25, -0.2) is 0 Å². The van der Waals surface area contributed by atoms with Crippen molar-refractivity contribution in [3.63, 3.8) is 0 Å². The third kappa shape index (κ3) is 2.51. The summed E-state index contributed by atoms with van der Waals surface area (Å²) >= 11 is 0. The second-order valence-electron chi connectivity index (χ2n) is 3.27. The Bertz CT molecular complexity index is 90.9. The normalized spacial score (nSPS) is 23.2. The van der Waals surface area contributed by atoms with Gasteiger partial charge >= 0.3 is 0 Å².